The number of methoxy groups -OCH3 is 1. The summed E-state index contributed by atoms with van der Waals surface area (Å²) in [6, 6.07) is 7.33. The van der Waals surface area contributed by atoms with Crippen LogP contribution in [0.4, 0.5) is 0 Å². The van der Waals surface area contributed by atoms with Gasteiger partial charge in [0.2, 0.25) is 0 Å². The number of nitrogens with two attached hydrogens (primary N) is 1. The van der Waals surface area contributed by atoms with Crippen molar-refractivity contribution in [1.82, 2.24) is 15.2 Å². The molecule has 0 amide bonds. The van der Waals surface area contributed by atoms with Crippen molar-refractivity contribution in [1.29, 1.82) is 0 Å². The number of hydrogen-bond acceptors (Lipinski definition) is 4. The standard InChI is InChI=1S/C14H20N4O/c1-14(2,3)13-16-12(17-18-13)11(15)9-5-7-10(19-4)8-6-9/h5-8,11H,15H2,1-4H3,(H,16,17,18)/t11-/m0/s1. The third-order valence-corrected chi connectivity index (χ3v) is 2.94. The molecule has 0 saturated heterocycles. The van der Waals surface area contributed by atoms with Crippen molar-refractivity contribution in [2.75, 3.05) is 7.11 Å². The van der Waals surface area contributed by atoms with E-state index in [1.54, 1.807) is 7.11 Å². The molecule has 1 aromatic heterocycles. The molecule has 0 fully saturated rings. The maximum absolute atomic E-state index is 6.19. The molecule has 0 bridgehead atoms. The van der Waals surface area contributed by atoms with Gasteiger partial charge in [-0.3, -0.25) is 5.10 Å². The maximum Gasteiger partial charge on any atom is 0.156 e. The molecule has 0 radical (unpaired) electrons. The first kappa shape index (κ1) is 13.5. The summed E-state index contributed by atoms with van der Waals surface area (Å²) >= 11 is 0. The molecule has 0 aliphatic carbocycles. The maximum atomic E-state index is 6.19. The van der Waals surface area contributed by atoms with Crippen LogP contribution in [0.15, 0.2) is 24.3 Å². The van der Waals surface area contributed by atoms with Crippen LogP contribution in [0.25, 0.3) is 0 Å². The van der Waals surface area contributed by atoms with Crippen LogP contribution in [0, 0.1) is 0 Å². The number of nitrogens with zero attached hydrogens (tertiary/aromatic N) is 2. The number of aromatic amines is 1. The lowest BCUT2D eigenvalue weighted by Gasteiger charge is -2.12. The predicted octanol–water partition coefficient (Wildman–Crippen LogP) is 2.16. The molecule has 19 heavy (non-hydrogen) atoms. The highest BCUT2D eigenvalue weighted by atomic mass is 16.5. The van der Waals surface area contributed by atoms with Crippen molar-refractivity contribution in [2.45, 2.75) is 32.2 Å². The molecule has 2 rings (SSSR count). The van der Waals surface area contributed by atoms with E-state index in [1.165, 1.54) is 0 Å². The van der Waals surface area contributed by atoms with Crippen molar-refractivity contribution in [2.24, 2.45) is 5.73 Å². The summed E-state index contributed by atoms with van der Waals surface area (Å²) in [7, 11) is 1.64. The minimum atomic E-state index is -0.311. The van der Waals surface area contributed by atoms with E-state index in [0.29, 0.717) is 5.82 Å². The number of hydrogen-bond donors (Lipinski definition) is 2. The first-order chi connectivity index (χ1) is 8.91. The Bertz CT molecular complexity index is 539. The van der Waals surface area contributed by atoms with Crippen molar-refractivity contribution in [3.63, 3.8) is 0 Å². The second kappa shape index (κ2) is 5.01. The number of ether oxygens (including phenoxy) is 1. The number of nitrogens with one attached hydrogen (secondary N) is 1. The van der Waals surface area contributed by atoms with Gasteiger partial charge in [0, 0.05) is 5.41 Å². The monoisotopic (exact) mass is 260 g/mol. The first-order valence-corrected chi connectivity index (χ1v) is 6.24. The molecule has 3 N–H and O–H groups in total. The molecule has 0 aliphatic rings. The normalized spacial score (nSPS) is 13.3. The van der Waals surface area contributed by atoms with E-state index in [4.69, 9.17) is 10.5 Å². The van der Waals surface area contributed by atoms with Crippen LogP contribution in [0.3, 0.4) is 0 Å². The molecule has 0 spiro atoms. The van der Waals surface area contributed by atoms with Crippen LogP contribution in [0.5, 0.6) is 5.75 Å². The van der Waals surface area contributed by atoms with Gasteiger partial charge in [0.1, 0.15) is 11.6 Å². The summed E-state index contributed by atoms with van der Waals surface area (Å²) in [6.07, 6.45) is 0. The van der Waals surface area contributed by atoms with Gasteiger partial charge in [-0.15, -0.1) is 0 Å². The van der Waals surface area contributed by atoms with Crippen LogP contribution in [0.2, 0.25) is 0 Å². The minimum absolute atomic E-state index is 0.0889. The van der Waals surface area contributed by atoms with Crippen LogP contribution >= 0.6 is 0 Å². The summed E-state index contributed by atoms with van der Waals surface area (Å²) in [4.78, 5) is 4.48. The van der Waals surface area contributed by atoms with Gasteiger partial charge in [-0.05, 0) is 17.7 Å². The lowest BCUT2D eigenvalue weighted by molar-refractivity contribution is 0.414. The average molecular weight is 260 g/mol. The fourth-order valence-electron chi connectivity index (χ4n) is 1.72. The molecular weight excluding hydrogens is 240 g/mol. The topological polar surface area (TPSA) is 76.8 Å². The number of H-pyrrole nitrogens is 1. The van der Waals surface area contributed by atoms with Crippen molar-refractivity contribution >= 4 is 0 Å². The molecule has 1 aromatic carbocycles. The van der Waals surface area contributed by atoms with E-state index in [2.05, 4.69) is 36.0 Å². The van der Waals surface area contributed by atoms with Gasteiger partial charge in [0.05, 0.1) is 13.2 Å². The number of rotatable bonds is 3. The van der Waals surface area contributed by atoms with Gasteiger partial charge in [-0.25, -0.2) is 4.98 Å². The zero-order chi connectivity index (χ0) is 14.0. The fourth-order valence-corrected chi connectivity index (χ4v) is 1.72. The largest absolute Gasteiger partial charge is 0.497 e. The van der Waals surface area contributed by atoms with E-state index < -0.39 is 0 Å². The first-order valence-electron chi connectivity index (χ1n) is 6.24. The molecule has 1 heterocycles. The van der Waals surface area contributed by atoms with Gasteiger partial charge in [-0.1, -0.05) is 32.9 Å². The summed E-state index contributed by atoms with van der Waals surface area (Å²) in [5, 5.41) is 7.15. The van der Waals surface area contributed by atoms with E-state index >= 15 is 0 Å². The summed E-state index contributed by atoms with van der Waals surface area (Å²) in [5.41, 5.74) is 7.07. The molecule has 0 aliphatic heterocycles. The van der Waals surface area contributed by atoms with E-state index in [9.17, 15) is 0 Å². The number of benzene rings is 1. The Hall–Kier alpha value is -1.88. The highest BCUT2D eigenvalue weighted by Crippen LogP contribution is 2.22. The third kappa shape index (κ3) is 2.93. The highest BCUT2D eigenvalue weighted by Gasteiger charge is 2.21. The third-order valence-electron chi connectivity index (χ3n) is 2.94. The van der Waals surface area contributed by atoms with Gasteiger partial charge in [0.15, 0.2) is 5.82 Å². The van der Waals surface area contributed by atoms with E-state index in [0.717, 1.165) is 17.1 Å². The molecule has 1 atom stereocenters. The van der Waals surface area contributed by atoms with Gasteiger partial charge in [-0.2, -0.15) is 5.10 Å². The Morgan fingerprint density at radius 3 is 2.32 bits per heavy atom. The second-order valence-electron chi connectivity index (χ2n) is 5.55. The van der Waals surface area contributed by atoms with Crippen molar-refractivity contribution in [3.05, 3.63) is 41.5 Å². The minimum Gasteiger partial charge on any atom is -0.497 e. The number of aromatic nitrogens is 3. The summed E-state index contributed by atoms with van der Waals surface area (Å²) in [5.74, 6) is 2.26. The lowest BCUT2D eigenvalue weighted by Crippen LogP contribution is -2.16. The Morgan fingerprint density at radius 2 is 1.84 bits per heavy atom. The molecule has 5 heteroatoms. The zero-order valence-corrected chi connectivity index (χ0v) is 11.8. The van der Waals surface area contributed by atoms with E-state index in [-0.39, 0.29) is 11.5 Å². The smallest absolute Gasteiger partial charge is 0.156 e. The highest BCUT2D eigenvalue weighted by molar-refractivity contribution is 5.31. The van der Waals surface area contributed by atoms with Crippen LogP contribution in [-0.2, 0) is 5.41 Å². The Labute approximate surface area is 113 Å². The van der Waals surface area contributed by atoms with Crippen LogP contribution < -0.4 is 10.5 Å². The average Bonchev–Trinajstić information content (AvgIpc) is 2.87. The Morgan fingerprint density at radius 1 is 1.21 bits per heavy atom. The van der Waals surface area contributed by atoms with Crippen molar-refractivity contribution < 1.29 is 4.74 Å². The van der Waals surface area contributed by atoms with E-state index in [1.807, 2.05) is 24.3 Å². The summed E-state index contributed by atoms with van der Waals surface area (Å²) < 4.78 is 5.13. The molecule has 5 nitrogen and oxygen atoms in total. The SMILES string of the molecule is COc1ccc([C@H](N)c2nc(C(C)(C)C)n[nH]2)cc1. The predicted molar refractivity (Wildman–Crippen MR) is 74.1 cm³/mol. The Balaban J connectivity index is 2.23. The Kier molecular flexibility index (Phi) is 3.57. The van der Waals surface area contributed by atoms with Crippen LogP contribution in [0.1, 0.15) is 44.0 Å². The molecule has 2 aromatic rings. The van der Waals surface area contributed by atoms with Gasteiger partial charge >= 0.3 is 0 Å². The quantitative estimate of drug-likeness (QED) is 0.886. The van der Waals surface area contributed by atoms with Gasteiger partial charge in [0.25, 0.3) is 0 Å². The molecule has 102 valence electrons. The second-order valence-corrected chi connectivity index (χ2v) is 5.55. The molecular formula is C14H20N4O. The molecule has 0 saturated carbocycles. The lowest BCUT2D eigenvalue weighted by atomic mass is 9.96. The van der Waals surface area contributed by atoms with Gasteiger partial charge < -0.3 is 10.5 Å². The van der Waals surface area contributed by atoms with Crippen LogP contribution in [-0.4, -0.2) is 22.3 Å². The molecule has 0 unspecified atom stereocenters. The summed E-state index contributed by atoms with van der Waals surface area (Å²) in [6.45, 7) is 6.20. The fraction of sp³-hybridized carbons (Fsp3) is 0.429. The zero-order valence-electron chi connectivity index (χ0n) is 11.8. The van der Waals surface area contributed by atoms with Crippen molar-refractivity contribution in [3.8, 4) is 5.75 Å².